The molecule has 140 valence electrons. The summed E-state index contributed by atoms with van der Waals surface area (Å²) in [4.78, 5) is 8.85. The van der Waals surface area contributed by atoms with E-state index >= 15 is 0 Å². The van der Waals surface area contributed by atoms with E-state index in [9.17, 15) is 0 Å². The minimum absolute atomic E-state index is 0. The van der Waals surface area contributed by atoms with Gasteiger partial charge in [-0.05, 0) is 37.3 Å². The number of amidine groups is 1. The fourth-order valence-corrected chi connectivity index (χ4v) is 3.00. The van der Waals surface area contributed by atoms with E-state index in [1.807, 2.05) is 36.4 Å². The third-order valence-electron chi connectivity index (χ3n) is 3.66. The Morgan fingerprint density at radius 1 is 1.04 bits per heavy atom. The van der Waals surface area contributed by atoms with Crippen LogP contribution in [0.25, 0.3) is 11.3 Å². The van der Waals surface area contributed by atoms with Crippen LogP contribution < -0.4 is 10.5 Å². The van der Waals surface area contributed by atoms with Crippen LogP contribution in [0.5, 0.6) is 5.75 Å². The molecule has 0 fully saturated rings. The van der Waals surface area contributed by atoms with Crippen molar-refractivity contribution < 1.29 is 4.74 Å². The van der Waals surface area contributed by atoms with Gasteiger partial charge in [0.25, 0.3) is 0 Å². The molecule has 2 aromatic carbocycles. The standard InChI is InChI=1S/C20H17Cl2N3O.ClH/c1-13(23)25-18-9-3-2-6-14(18)20-19(10-5-11-24-20)26-12-15-16(21)7-4-8-17(15)22;/h2-11H,12H2,1H3,(H2,23,25);1H. The van der Waals surface area contributed by atoms with Gasteiger partial charge in [0.15, 0.2) is 0 Å². The second-order valence-electron chi connectivity index (χ2n) is 5.61. The molecule has 0 unspecified atom stereocenters. The van der Waals surface area contributed by atoms with Crippen molar-refractivity contribution in [2.75, 3.05) is 0 Å². The van der Waals surface area contributed by atoms with Gasteiger partial charge in [0.2, 0.25) is 0 Å². The second-order valence-corrected chi connectivity index (χ2v) is 6.42. The fraction of sp³-hybridized carbons (Fsp3) is 0.100. The molecule has 0 amide bonds. The summed E-state index contributed by atoms with van der Waals surface area (Å²) >= 11 is 12.4. The highest BCUT2D eigenvalue weighted by molar-refractivity contribution is 6.35. The second kappa shape index (κ2) is 9.60. The summed E-state index contributed by atoms with van der Waals surface area (Å²) in [6.45, 7) is 1.98. The van der Waals surface area contributed by atoms with E-state index in [1.54, 1.807) is 31.3 Å². The van der Waals surface area contributed by atoms with Gasteiger partial charge in [-0.2, -0.15) is 0 Å². The average molecular weight is 423 g/mol. The summed E-state index contributed by atoms with van der Waals surface area (Å²) in [6, 6.07) is 16.7. The van der Waals surface area contributed by atoms with Crippen molar-refractivity contribution >= 4 is 47.1 Å². The van der Waals surface area contributed by atoms with Gasteiger partial charge in [0.05, 0.1) is 11.5 Å². The maximum atomic E-state index is 6.22. The lowest BCUT2D eigenvalue weighted by Crippen LogP contribution is -2.04. The van der Waals surface area contributed by atoms with Crippen molar-refractivity contribution in [3.63, 3.8) is 0 Å². The molecule has 0 spiro atoms. The first kappa shape index (κ1) is 21.0. The molecular formula is C20H18Cl3N3O. The molecule has 0 radical (unpaired) electrons. The van der Waals surface area contributed by atoms with Crippen LogP contribution in [0, 0.1) is 0 Å². The van der Waals surface area contributed by atoms with Crippen molar-refractivity contribution in [1.82, 2.24) is 4.98 Å². The van der Waals surface area contributed by atoms with E-state index < -0.39 is 0 Å². The summed E-state index contributed by atoms with van der Waals surface area (Å²) in [5, 5.41) is 1.12. The van der Waals surface area contributed by atoms with E-state index in [1.165, 1.54) is 0 Å². The molecular weight excluding hydrogens is 405 g/mol. The van der Waals surface area contributed by atoms with Crippen LogP contribution >= 0.6 is 35.6 Å². The summed E-state index contributed by atoms with van der Waals surface area (Å²) in [7, 11) is 0. The number of aliphatic imine (C=N–C) groups is 1. The first-order valence-corrected chi connectivity index (χ1v) is 8.72. The highest BCUT2D eigenvalue weighted by Crippen LogP contribution is 2.35. The number of hydrogen-bond donors (Lipinski definition) is 1. The Morgan fingerprint density at radius 2 is 1.74 bits per heavy atom. The van der Waals surface area contributed by atoms with Crippen molar-refractivity contribution in [3.8, 4) is 17.0 Å². The maximum absolute atomic E-state index is 6.22. The Hall–Kier alpha value is -2.27. The van der Waals surface area contributed by atoms with E-state index in [-0.39, 0.29) is 19.0 Å². The normalized spacial score (nSPS) is 11.0. The number of pyridine rings is 1. The van der Waals surface area contributed by atoms with Crippen LogP contribution in [0.15, 0.2) is 65.8 Å². The van der Waals surface area contributed by atoms with E-state index in [2.05, 4.69) is 9.98 Å². The molecule has 0 saturated carbocycles. The van der Waals surface area contributed by atoms with Gasteiger partial charge in [-0.25, -0.2) is 4.99 Å². The number of para-hydroxylation sites is 1. The minimum Gasteiger partial charge on any atom is -0.487 e. The van der Waals surface area contributed by atoms with Gasteiger partial charge in [0.1, 0.15) is 18.1 Å². The Kier molecular flexibility index (Phi) is 7.48. The molecule has 3 rings (SSSR count). The Balaban J connectivity index is 0.00000261. The van der Waals surface area contributed by atoms with Crippen LogP contribution in [-0.2, 0) is 6.61 Å². The summed E-state index contributed by atoms with van der Waals surface area (Å²) < 4.78 is 5.99. The highest BCUT2D eigenvalue weighted by atomic mass is 35.5. The zero-order valence-corrected chi connectivity index (χ0v) is 16.9. The average Bonchev–Trinajstić information content (AvgIpc) is 2.62. The zero-order valence-electron chi connectivity index (χ0n) is 14.5. The number of rotatable bonds is 5. The quantitative estimate of drug-likeness (QED) is 0.401. The summed E-state index contributed by atoms with van der Waals surface area (Å²) in [5.74, 6) is 1.08. The molecule has 0 saturated heterocycles. The summed E-state index contributed by atoms with van der Waals surface area (Å²) in [6.07, 6.45) is 1.71. The molecule has 3 aromatic rings. The van der Waals surface area contributed by atoms with Gasteiger partial charge < -0.3 is 10.5 Å². The van der Waals surface area contributed by atoms with Crippen molar-refractivity contribution in [2.45, 2.75) is 13.5 Å². The van der Waals surface area contributed by atoms with Crippen LogP contribution in [0.1, 0.15) is 12.5 Å². The molecule has 0 atom stereocenters. The van der Waals surface area contributed by atoms with Gasteiger partial charge in [0, 0.05) is 27.4 Å². The molecule has 0 bridgehead atoms. The number of ether oxygens (including phenoxy) is 1. The molecule has 1 aromatic heterocycles. The van der Waals surface area contributed by atoms with Crippen molar-refractivity contribution in [2.24, 2.45) is 10.7 Å². The predicted molar refractivity (Wildman–Crippen MR) is 115 cm³/mol. The maximum Gasteiger partial charge on any atom is 0.146 e. The fourth-order valence-electron chi connectivity index (χ4n) is 2.49. The van der Waals surface area contributed by atoms with Crippen LogP contribution in [0.2, 0.25) is 10.0 Å². The SMILES string of the molecule is CC(N)=Nc1ccccc1-c1ncccc1OCc1c(Cl)cccc1Cl.Cl. The molecule has 4 nitrogen and oxygen atoms in total. The molecule has 1 heterocycles. The number of nitrogens with zero attached hydrogens (tertiary/aromatic N) is 2. The first-order valence-electron chi connectivity index (χ1n) is 7.97. The van der Waals surface area contributed by atoms with Crippen LogP contribution in [-0.4, -0.2) is 10.8 Å². The monoisotopic (exact) mass is 421 g/mol. The molecule has 0 aliphatic rings. The molecule has 7 heteroatoms. The van der Waals surface area contributed by atoms with Gasteiger partial charge in [-0.1, -0.05) is 47.5 Å². The topological polar surface area (TPSA) is 60.5 Å². The lowest BCUT2D eigenvalue weighted by Gasteiger charge is -2.13. The molecule has 0 aliphatic carbocycles. The number of halogens is 3. The number of nitrogens with two attached hydrogens (primary N) is 1. The Morgan fingerprint density at radius 3 is 2.44 bits per heavy atom. The van der Waals surface area contributed by atoms with E-state index in [0.29, 0.717) is 27.3 Å². The lowest BCUT2D eigenvalue weighted by molar-refractivity contribution is 0.306. The van der Waals surface area contributed by atoms with Gasteiger partial charge >= 0.3 is 0 Å². The Bertz CT molecular complexity index is 936. The molecule has 0 aliphatic heterocycles. The van der Waals surface area contributed by atoms with Crippen molar-refractivity contribution in [3.05, 3.63) is 76.4 Å². The highest BCUT2D eigenvalue weighted by Gasteiger charge is 2.13. The lowest BCUT2D eigenvalue weighted by atomic mass is 10.1. The summed E-state index contributed by atoms with van der Waals surface area (Å²) in [5.41, 5.74) is 8.71. The van der Waals surface area contributed by atoms with Crippen molar-refractivity contribution in [1.29, 1.82) is 0 Å². The zero-order chi connectivity index (χ0) is 18.5. The van der Waals surface area contributed by atoms with Crippen LogP contribution in [0.4, 0.5) is 5.69 Å². The smallest absolute Gasteiger partial charge is 0.146 e. The Labute approximate surface area is 174 Å². The third-order valence-corrected chi connectivity index (χ3v) is 4.37. The van der Waals surface area contributed by atoms with Gasteiger partial charge in [-0.15, -0.1) is 12.4 Å². The number of hydrogen-bond acceptors (Lipinski definition) is 3. The van der Waals surface area contributed by atoms with Crippen LogP contribution in [0.3, 0.4) is 0 Å². The van der Waals surface area contributed by atoms with E-state index in [0.717, 1.165) is 16.8 Å². The first-order chi connectivity index (χ1) is 12.6. The molecule has 2 N–H and O–H groups in total. The molecule has 27 heavy (non-hydrogen) atoms. The number of benzene rings is 2. The predicted octanol–water partition coefficient (Wildman–Crippen LogP) is 6.06. The van der Waals surface area contributed by atoms with Gasteiger partial charge in [-0.3, -0.25) is 4.98 Å². The third kappa shape index (κ3) is 5.13. The minimum atomic E-state index is 0. The largest absolute Gasteiger partial charge is 0.487 e. The number of aromatic nitrogens is 1. The van der Waals surface area contributed by atoms with E-state index in [4.69, 9.17) is 33.7 Å².